The van der Waals surface area contributed by atoms with E-state index in [0.29, 0.717) is 29.4 Å². The summed E-state index contributed by atoms with van der Waals surface area (Å²) in [6.45, 7) is 2.29. The molecule has 2 aromatic carbocycles. The molecule has 0 saturated heterocycles. The van der Waals surface area contributed by atoms with Crippen molar-refractivity contribution in [1.82, 2.24) is 10.6 Å². The van der Waals surface area contributed by atoms with Crippen LogP contribution in [0.15, 0.2) is 53.0 Å². The summed E-state index contributed by atoms with van der Waals surface area (Å²) >= 11 is 9.12. The molecule has 0 aliphatic heterocycles. The summed E-state index contributed by atoms with van der Waals surface area (Å²) in [6.07, 6.45) is -0.651. The highest BCUT2D eigenvalue weighted by atomic mass is 79.9. The van der Waals surface area contributed by atoms with Gasteiger partial charge in [-0.15, -0.1) is 0 Å². The average Bonchev–Trinajstić information content (AvgIpc) is 2.60. The zero-order valence-corrected chi connectivity index (χ0v) is 15.9. The van der Waals surface area contributed by atoms with Gasteiger partial charge in [0.05, 0.1) is 0 Å². The lowest BCUT2D eigenvalue weighted by Crippen LogP contribution is -2.40. The van der Waals surface area contributed by atoms with E-state index in [2.05, 4.69) is 26.6 Å². The number of hydrogen-bond acceptors (Lipinski definition) is 3. The highest BCUT2D eigenvalue weighted by Crippen LogP contribution is 2.16. The van der Waals surface area contributed by atoms with Crippen LogP contribution in [0.3, 0.4) is 0 Å². The molecule has 0 heterocycles. The van der Waals surface area contributed by atoms with E-state index in [0.717, 1.165) is 4.47 Å². The van der Waals surface area contributed by atoms with Crippen molar-refractivity contribution >= 4 is 39.3 Å². The first-order chi connectivity index (χ1) is 12.0. The van der Waals surface area contributed by atoms with Gasteiger partial charge in [-0.1, -0.05) is 33.6 Å². The second kappa shape index (κ2) is 9.44. The van der Waals surface area contributed by atoms with Crippen LogP contribution in [-0.4, -0.2) is 31.0 Å². The van der Waals surface area contributed by atoms with Gasteiger partial charge in [-0.3, -0.25) is 9.59 Å². The molecular weight excluding hydrogens is 408 g/mol. The molecule has 1 unspecified atom stereocenters. The summed E-state index contributed by atoms with van der Waals surface area (Å²) < 4.78 is 6.36. The fourth-order valence-electron chi connectivity index (χ4n) is 2.01. The number of benzene rings is 2. The minimum atomic E-state index is -0.651. The maximum absolute atomic E-state index is 12.0. The Kier molecular flexibility index (Phi) is 7.28. The van der Waals surface area contributed by atoms with Crippen LogP contribution in [0.25, 0.3) is 0 Å². The normalized spacial score (nSPS) is 11.5. The highest BCUT2D eigenvalue weighted by molar-refractivity contribution is 9.10. The molecule has 2 rings (SSSR count). The Bertz CT molecular complexity index is 737. The predicted molar refractivity (Wildman–Crippen MR) is 101 cm³/mol. The third-order valence-electron chi connectivity index (χ3n) is 3.29. The molecule has 2 N–H and O–H groups in total. The Balaban J connectivity index is 1.71. The molecule has 0 saturated carbocycles. The summed E-state index contributed by atoms with van der Waals surface area (Å²) in [6, 6.07) is 13.9. The van der Waals surface area contributed by atoms with Crippen LogP contribution in [-0.2, 0) is 4.79 Å². The van der Waals surface area contributed by atoms with Crippen molar-refractivity contribution in [3.8, 4) is 5.75 Å². The Labute approximate surface area is 159 Å². The molecule has 2 aromatic rings. The molecule has 1 atom stereocenters. The summed E-state index contributed by atoms with van der Waals surface area (Å²) in [7, 11) is 0. The molecule has 0 spiro atoms. The number of rotatable bonds is 7. The van der Waals surface area contributed by atoms with Crippen LogP contribution in [0.4, 0.5) is 0 Å². The van der Waals surface area contributed by atoms with Gasteiger partial charge in [-0.25, -0.2) is 0 Å². The van der Waals surface area contributed by atoms with Gasteiger partial charge in [-0.05, 0) is 49.4 Å². The molecule has 7 heteroatoms. The molecule has 0 fully saturated rings. The van der Waals surface area contributed by atoms with Crippen LogP contribution in [0.5, 0.6) is 5.75 Å². The number of amides is 2. The van der Waals surface area contributed by atoms with Crippen LogP contribution >= 0.6 is 27.5 Å². The number of nitrogens with one attached hydrogen (secondary N) is 2. The molecule has 0 radical (unpaired) electrons. The first-order valence-electron chi connectivity index (χ1n) is 7.69. The van der Waals surface area contributed by atoms with E-state index in [1.807, 2.05) is 6.07 Å². The topological polar surface area (TPSA) is 67.4 Å². The smallest absolute Gasteiger partial charge is 0.260 e. The van der Waals surface area contributed by atoms with Crippen LogP contribution in [0.2, 0.25) is 5.02 Å². The molecule has 5 nitrogen and oxygen atoms in total. The van der Waals surface area contributed by atoms with Gasteiger partial charge in [0.2, 0.25) is 0 Å². The van der Waals surface area contributed by atoms with Gasteiger partial charge in [-0.2, -0.15) is 0 Å². The molecule has 0 bridgehead atoms. The minimum absolute atomic E-state index is 0.194. The van der Waals surface area contributed by atoms with Crippen molar-refractivity contribution in [2.45, 2.75) is 13.0 Å². The van der Waals surface area contributed by atoms with Gasteiger partial charge in [0.1, 0.15) is 5.75 Å². The lowest BCUT2D eigenvalue weighted by molar-refractivity contribution is -0.127. The summed E-state index contributed by atoms with van der Waals surface area (Å²) in [4.78, 5) is 24.0. The SMILES string of the molecule is CC(Oc1ccc(Cl)cc1)C(=O)NCCNC(=O)c1cccc(Br)c1. The maximum atomic E-state index is 12.0. The molecule has 0 aromatic heterocycles. The second-order valence-corrected chi connectivity index (χ2v) is 6.62. The van der Waals surface area contributed by atoms with E-state index in [1.165, 1.54) is 0 Å². The van der Waals surface area contributed by atoms with Gasteiger partial charge in [0.15, 0.2) is 6.10 Å². The Morgan fingerprint density at radius 2 is 1.80 bits per heavy atom. The van der Waals surface area contributed by atoms with Crippen molar-refractivity contribution in [3.63, 3.8) is 0 Å². The van der Waals surface area contributed by atoms with E-state index in [-0.39, 0.29) is 11.8 Å². The molecule has 25 heavy (non-hydrogen) atoms. The van der Waals surface area contributed by atoms with Crippen LogP contribution < -0.4 is 15.4 Å². The number of carbonyl (C=O) groups excluding carboxylic acids is 2. The van der Waals surface area contributed by atoms with Crippen molar-refractivity contribution in [1.29, 1.82) is 0 Å². The zero-order chi connectivity index (χ0) is 18.2. The van der Waals surface area contributed by atoms with Crippen molar-refractivity contribution in [2.75, 3.05) is 13.1 Å². The minimum Gasteiger partial charge on any atom is -0.481 e. The molecule has 2 amide bonds. The average molecular weight is 426 g/mol. The van der Waals surface area contributed by atoms with Crippen LogP contribution in [0.1, 0.15) is 17.3 Å². The summed E-state index contributed by atoms with van der Waals surface area (Å²) in [5, 5.41) is 6.07. The largest absolute Gasteiger partial charge is 0.481 e. The molecular formula is C18H18BrClN2O3. The van der Waals surface area contributed by atoms with E-state index >= 15 is 0 Å². The lowest BCUT2D eigenvalue weighted by atomic mass is 10.2. The van der Waals surface area contributed by atoms with Crippen LogP contribution in [0, 0.1) is 0 Å². The van der Waals surface area contributed by atoms with Crippen molar-refractivity contribution in [2.24, 2.45) is 0 Å². The van der Waals surface area contributed by atoms with E-state index in [4.69, 9.17) is 16.3 Å². The van der Waals surface area contributed by atoms with Gasteiger partial charge >= 0.3 is 0 Å². The highest BCUT2D eigenvalue weighted by Gasteiger charge is 2.14. The molecule has 0 aliphatic rings. The van der Waals surface area contributed by atoms with Gasteiger partial charge in [0.25, 0.3) is 11.8 Å². The van der Waals surface area contributed by atoms with Crippen molar-refractivity contribution in [3.05, 3.63) is 63.6 Å². The number of hydrogen-bond donors (Lipinski definition) is 2. The maximum Gasteiger partial charge on any atom is 0.260 e. The first kappa shape index (κ1) is 19.3. The Morgan fingerprint density at radius 3 is 2.48 bits per heavy atom. The predicted octanol–water partition coefficient (Wildman–Crippen LogP) is 3.42. The first-order valence-corrected chi connectivity index (χ1v) is 8.86. The molecule has 132 valence electrons. The number of halogens is 2. The lowest BCUT2D eigenvalue weighted by Gasteiger charge is -2.15. The number of carbonyl (C=O) groups is 2. The van der Waals surface area contributed by atoms with Gasteiger partial charge in [0, 0.05) is 28.1 Å². The second-order valence-electron chi connectivity index (χ2n) is 5.27. The third-order valence-corrected chi connectivity index (χ3v) is 4.04. The van der Waals surface area contributed by atoms with E-state index in [9.17, 15) is 9.59 Å². The third kappa shape index (κ3) is 6.40. The van der Waals surface area contributed by atoms with E-state index in [1.54, 1.807) is 49.4 Å². The fourth-order valence-corrected chi connectivity index (χ4v) is 2.53. The quantitative estimate of drug-likeness (QED) is 0.668. The fraction of sp³-hybridized carbons (Fsp3) is 0.222. The zero-order valence-electron chi connectivity index (χ0n) is 13.6. The van der Waals surface area contributed by atoms with E-state index < -0.39 is 6.10 Å². The van der Waals surface area contributed by atoms with Gasteiger partial charge < -0.3 is 15.4 Å². The monoisotopic (exact) mass is 424 g/mol. The molecule has 0 aliphatic carbocycles. The summed E-state index contributed by atoms with van der Waals surface area (Å²) in [5.41, 5.74) is 0.556. The standard InChI is InChI=1S/C18H18BrClN2O3/c1-12(25-16-7-5-15(20)6-8-16)17(23)21-9-10-22-18(24)13-3-2-4-14(19)11-13/h2-8,11-12H,9-10H2,1H3,(H,21,23)(H,22,24). The Hall–Kier alpha value is -2.05. The number of ether oxygens (including phenoxy) is 1. The van der Waals surface area contributed by atoms with Crippen molar-refractivity contribution < 1.29 is 14.3 Å². The Morgan fingerprint density at radius 1 is 1.12 bits per heavy atom. The summed E-state index contributed by atoms with van der Waals surface area (Å²) in [5.74, 6) is 0.114.